The number of ether oxygens (including phenoxy) is 1. The maximum Gasteiger partial charge on any atom is 0.193 e. The number of fused-ring (bicyclic) bond motifs is 1. The first kappa shape index (κ1) is 17.7. The third kappa shape index (κ3) is 3.70. The van der Waals surface area contributed by atoms with Gasteiger partial charge in [-0.05, 0) is 30.3 Å². The van der Waals surface area contributed by atoms with Crippen molar-refractivity contribution < 1.29 is 9.15 Å². The minimum absolute atomic E-state index is 0.128. The Labute approximate surface area is 165 Å². The van der Waals surface area contributed by atoms with Crippen molar-refractivity contribution in [2.24, 2.45) is 0 Å². The summed E-state index contributed by atoms with van der Waals surface area (Å²) in [6.45, 7) is 0.206. The van der Waals surface area contributed by atoms with Crippen molar-refractivity contribution in [2.75, 3.05) is 0 Å². The molecular weight excluding hydrogens is 383 g/mol. The van der Waals surface area contributed by atoms with Crippen molar-refractivity contribution in [3.05, 3.63) is 98.6 Å². The smallest absolute Gasteiger partial charge is 0.193 e. The van der Waals surface area contributed by atoms with Gasteiger partial charge < -0.3 is 9.15 Å². The zero-order valence-corrected chi connectivity index (χ0v) is 15.6. The van der Waals surface area contributed by atoms with Crippen molar-refractivity contribution in [3.8, 4) is 17.1 Å². The van der Waals surface area contributed by atoms with Crippen molar-refractivity contribution in [3.63, 3.8) is 0 Å². The van der Waals surface area contributed by atoms with Crippen LogP contribution in [0.25, 0.3) is 22.3 Å². The molecule has 3 nitrogen and oxygen atoms in total. The van der Waals surface area contributed by atoms with Crippen LogP contribution in [0.1, 0.15) is 5.56 Å². The van der Waals surface area contributed by atoms with Gasteiger partial charge >= 0.3 is 0 Å². The van der Waals surface area contributed by atoms with Crippen LogP contribution in [0.4, 0.5) is 0 Å². The van der Waals surface area contributed by atoms with E-state index in [4.69, 9.17) is 32.4 Å². The first-order valence-electron chi connectivity index (χ1n) is 8.31. The molecule has 0 spiro atoms. The van der Waals surface area contributed by atoms with Crippen LogP contribution in [0, 0.1) is 0 Å². The molecule has 0 bridgehead atoms. The highest BCUT2D eigenvalue weighted by atomic mass is 35.5. The maximum atomic E-state index is 12.5. The predicted molar refractivity (Wildman–Crippen MR) is 109 cm³/mol. The Morgan fingerprint density at radius 3 is 2.33 bits per heavy atom. The van der Waals surface area contributed by atoms with Crippen molar-refractivity contribution in [1.29, 1.82) is 0 Å². The van der Waals surface area contributed by atoms with Gasteiger partial charge in [0.15, 0.2) is 5.43 Å². The lowest BCUT2D eigenvalue weighted by molar-refractivity contribution is 0.306. The Balaban J connectivity index is 1.65. The van der Waals surface area contributed by atoms with Gasteiger partial charge in [0.1, 0.15) is 23.7 Å². The minimum atomic E-state index is -0.128. The second-order valence-corrected chi connectivity index (χ2v) is 6.80. The van der Waals surface area contributed by atoms with Gasteiger partial charge in [0.25, 0.3) is 0 Å². The van der Waals surface area contributed by atoms with E-state index in [0.29, 0.717) is 38.1 Å². The molecular formula is C22H14Cl2O3. The van der Waals surface area contributed by atoms with E-state index < -0.39 is 0 Å². The summed E-state index contributed by atoms with van der Waals surface area (Å²) in [5.41, 5.74) is 1.93. The Bertz CT molecular complexity index is 1150. The first-order valence-corrected chi connectivity index (χ1v) is 9.06. The summed E-state index contributed by atoms with van der Waals surface area (Å²) in [6, 6.07) is 21.4. The molecule has 0 fully saturated rings. The summed E-state index contributed by atoms with van der Waals surface area (Å²) in [6.07, 6.45) is 0. The summed E-state index contributed by atoms with van der Waals surface area (Å²) in [5, 5.41) is 1.53. The van der Waals surface area contributed by atoms with Crippen LogP contribution in [0.5, 0.6) is 5.75 Å². The zero-order valence-electron chi connectivity index (χ0n) is 14.1. The van der Waals surface area contributed by atoms with Crippen LogP contribution < -0.4 is 10.2 Å². The van der Waals surface area contributed by atoms with E-state index in [1.165, 1.54) is 6.07 Å². The summed E-state index contributed by atoms with van der Waals surface area (Å²) < 4.78 is 11.7. The van der Waals surface area contributed by atoms with E-state index in [9.17, 15) is 4.79 Å². The van der Waals surface area contributed by atoms with Crippen LogP contribution >= 0.6 is 23.2 Å². The van der Waals surface area contributed by atoms with E-state index in [1.54, 1.807) is 36.4 Å². The molecule has 0 atom stereocenters. The molecule has 0 aliphatic rings. The molecule has 0 saturated heterocycles. The third-order valence-corrected chi connectivity index (χ3v) is 4.91. The third-order valence-electron chi connectivity index (χ3n) is 4.20. The molecule has 0 radical (unpaired) electrons. The Morgan fingerprint density at radius 2 is 1.59 bits per heavy atom. The molecule has 0 saturated carbocycles. The quantitative estimate of drug-likeness (QED) is 0.403. The molecule has 0 N–H and O–H groups in total. The van der Waals surface area contributed by atoms with Crippen molar-refractivity contribution in [2.45, 2.75) is 6.61 Å². The van der Waals surface area contributed by atoms with Gasteiger partial charge in [-0.1, -0.05) is 59.6 Å². The van der Waals surface area contributed by atoms with Gasteiger partial charge in [0.05, 0.1) is 5.39 Å². The number of halogens is 2. The molecule has 3 aromatic carbocycles. The van der Waals surface area contributed by atoms with E-state index in [1.807, 2.05) is 30.3 Å². The van der Waals surface area contributed by atoms with E-state index in [-0.39, 0.29) is 12.0 Å². The fourth-order valence-electron chi connectivity index (χ4n) is 2.80. The summed E-state index contributed by atoms with van der Waals surface area (Å²) in [7, 11) is 0. The standard InChI is InChI=1S/C22H14Cl2O3/c23-18-7-4-8-19(24)17(18)13-26-15-9-10-21-16(11-15)20(25)12-22(27-21)14-5-2-1-3-6-14/h1-12H,13H2. The van der Waals surface area contributed by atoms with E-state index in [2.05, 4.69) is 0 Å². The molecule has 0 aliphatic carbocycles. The molecule has 134 valence electrons. The number of hydrogen-bond donors (Lipinski definition) is 0. The van der Waals surface area contributed by atoms with Gasteiger partial charge in [0.2, 0.25) is 0 Å². The molecule has 4 aromatic rings. The van der Waals surface area contributed by atoms with Crippen molar-refractivity contribution >= 4 is 34.2 Å². The number of benzene rings is 3. The Morgan fingerprint density at radius 1 is 0.852 bits per heavy atom. The monoisotopic (exact) mass is 396 g/mol. The van der Waals surface area contributed by atoms with Gasteiger partial charge in [-0.3, -0.25) is 4.79 Å². The van der Waals surface area contributed by atoms with Gasteiger partial charge in [0, 0.05) is 27.2 Å². The van der Waals surface area contributed by atoms with E-state index >= 15 is 0 Å². The molecule has 5 heteroatoms. The summed E-state index contributed by atoms with van der Waals surface area (Å²) >= 11 is 12.3. The predicted octanol–water partition coefficient (Wildman–Crippen LogP) is 6.35. The first-order chi connectivity index (χ1) is 13.1. The van der Waals surface area contributed by atoms with E-state index in [0.717, 1.165) is 5.56 Å². The molecule has 1 aromatic heterocycles. The van der Waals surface area contributed by atoms with Gasteiger partial charge in [-0.2, -0.15) is 0 Å². The Kier molecular flexibility index (Phi) is 4.88. The highest BCUT2D eigenvalue weighted by Crippen LogP contribution is 2.28. The second kappa shape index (κ2) is 7.47. The highest BCUT2D eigenvalue weighted by Gasteiger charge is 2.10. The van der Waals surface area contributed by atoms with Crippen molar-refractivity contribution in [1.82, 2.24) is 0 Å². The second-order valence-electron chi connectivity index (χ2n) is 5.99. The lowest BCUT2D eigenvalue weighted by atomic mass is 10.1. The Hall–Kier alpha value is -2.75. The molecule has 0 aliphatic heterocycles. The van der Waals surface area contributed by atoms with Gasteiger partial charge in [-0.25, -0.2) is 0 Å². The van der Waals surface area contributed by atoms with Crippen LogP contribution in [0.15, 0.2) is 82.0 Å². The van der Waals surface area contributed by atoms with Crippen LogP contribution in [-0.4, -0.2) is 0 Å². The molecule has 0 unspecified atom stereocenters. The number of rotatable bonds is 4. The lowest BCUT2D eigenvalue weighted by Crippen LogP contribution is -2.02. The largest absolute Gasteiger partial charge is 0.489 e. The maximum absolute atomic E-state index is 12.5. The van der Waals surface area contributed by atoms with Crippen LogP contribution in [-0.2, 0) is 6.61 Å². The number of hydrogen-bond acceptors (Lipinski definition) is 3. The van der Waals surface area contributed by atoms with Crippen LogP contribution in [0.2, 0.25) is 10.0 Å². The average Bonchev–Trinajstić information content (AvgIpc) is 2.68. The molecule has 1 heterocycles. The topological polar surface area (TPSA) is 39.4 Å². The SMILES string of the molecule is O=c1cc(-c2ccccc2)oc2ccc(OCc3c(Cl)cccc3Cl)cc12. The normalized spacial score (nSPS) is 10.9. The fourth-order valence-corrected chi connectivity index (χ4v) is 3.30. The lowest BCUT2D eigenvalue weighted by Gasteiger charge is -2.10. The fraction of sp³-hybridized carbons (Fsp3) is 0.0455. The average molecular weight is 397 g/mol. The minimum Gasteiger partial charge on any atom is -0.489 e. The summed E-state index contributed by atoms with van der Waals surface area (Å²) in [4.78, 5) is 12.5. The molecule has 0 amide bonds. The zero-order chi connectivity index (χ0) is 18.8. The van der Waals surface area contributed by atoms with Gasteiger partial charge in [-0.15, -0.1) is 0 Å². The van der Waals surface area contributed by atoms with Crippen LogP contribution in [0.3, 0.4) is 0 Å². The highest BCUT2D eigenvalue weighted by molar-refractivity contribution is 6.35. The molecule has 4 rings (SSSR count). The molecule has 27 heavy (non-hydrogen) atoms. The summed E-state index contributed by atoms with van der Waals surface area (Å²) in [5.74, 6) is 1.07.